The van der Waals surface area contributed by atoms with Crippen molar-refractivity contribution in [3.63, 3.8) is 0 Å². The van der Waals surface area contributed by atoms with Gasteiger partial charge in [-0.1, -0.05) is 25.2 Å². The lowest BCUT2D eigenvalue weighted by atomic mass is 10.1. The molecule has 1 saturated heterocycles. The Morgan fingerprint density at radius 3 is 2.45 bits per heavy atom. The minimum atomic E-state index is 0.356. The van der Waals surface area contributed by atoms with Crippen molar-refractivity contribution >= 4 is 0 Å². The normalized spacial score (nSPS) is 16.1. The monoisotopic (exact) mass is 403 g/mol. The van der Waals surface area contributed by atoms with Crippen molar-refractivity contribution in [2.24, 2.45) is 0 Å². The summed E-state index contributed by atoms with van der Waals surface area (Å²) in [5.74, 6) is 0. The van der Waals surface area contributed by atoms with Gasteiger partial charge in [0, 0.05) is 32.5 Å². The van der Waals surface area contributed by atoms with Crippen LogP contribution in [0.25, 0.3) is 0 Å². The third kappa shape index (κ3) is 15.3. The van der Waals surface area contributed by atoms with E-state index in [1.165, 1.54) is 0 Å². The van der Waals surface area contributed by atoms with Crippen LogP contribution in [0.5, 0.6) is 0 Å². The Balaban J connectivity index is 1.92. The van der Waals surface area contributed by atoms with Crippen LogP contribution in [0.4, 0.5) is 0 Å². The zero-order valence-electron chi connectivity index (χ0n) is 18.3. The highest BCUT2D eigenvalue weighted by molar-refractivity contribution is 4.91. The van der Waals surface area contributed by atoms with Gasteiger partial charge in [-0.25, -0.2) is 0 Å². The summed E-state index contributed by atoms with van der Waals surface area (Å²) in [6.07, 6.45) is 26.1. The van der Waals surface area contributed by atoms with E-state index >= 15 is 0 Å². The maximum Gasteiger partial charge on any atom is 0.101 e. The van der Waals surface area contributed by atoms with Crippen LogP contribution in [0.1, 0.15) is 39.0 Å². The summed E-state index contributed by atoms with van der Waals surface area (Å²) in [5.41, 5.74) is 0. The SMILES string of the molecule is CCC=CN1CCC(OC=CCC=CNCNC=CCNC=CCCNC)CC1. The number of nitrogens with zero attached hydrogens (tertiary/aromatic N) is 1. The van der Waals surface area contributed by atoms with Crippen LogP contribution in [0.3, 0.4) is 0 Å². The maximum absolute atomic E-state index is 5.83. The summed E-state index contributed by atoms with van der Waals surface area (Å²) in [4.78, 5) is 2.38. The molecule has 0 aromatic rings. The van der Waals surface area contributed by atoms with Gasteiger partial charge in [0.25, 0.3) is 0 Å². The quantitative estimate of drug-likeness (QED) is 0.180. The first-order valence-electron chi connectivity index (χ1n) is 10.9. The average molecular weight is 404 g/mol. The molecular weight excluding hydrogens is 362 g/mol. The molecule has 1 aliphatic heterocycles. The summed E-state index contributed by atoms with van der Waals surface area (Å²) >= 11 is 0. The molecule has 0 radical (unpaired) electrons. The molecule has 1 fully saturated rings. The fourth-order valence-corrected chi connectivity index (χ4v) is 2.72. The Hall–Kier alpha value is -2.34. The molecule has 0 atom stereocenters. The highest BCUT2D eigenvalue weighted by atomic mass is 16.5. The fraction of sp³-hybridized carbons (Fsp3) is 0.565. The number of allylic oxidation sites excluding steroid dienone is 3. The van der Waals surface area contributed by atoms with Gasteiger partial charge in [-0.05, 0) is 69.8 Å². The molecule has 1 rings (SSSR count). The number of likely N-dealkylation sites (tertiary alicyclic amines) is 1. The van der Waals surface area contributed by atoms with E-state index in [-0.39, 0.29) is 0 Å². The summed E-state index contributed by atoms with van der Waals surface area (Å²) in [6.45, 7) is 6.87. The second kappa shape index (κ2) is 19.0. The van der Waals surface area contributed by atoms with E-state index in [1.54, 1.807) is 0 Å². The largest absolute Gasteiger partial charge is 0.498 e. The minimum Gasteiger partial charge on any atom is -0.498 e. The van der Waals surface area contributed by atoms with Crippen LogP contribution in [-0.2, 0) is 4.74 Å². The topological polar surface area (TPSA) is 60.6 Å². The number of ether oxygens (including phenoxy) is 1. The lowest BCUT2D eigenvalue weighted by molar-refractivity contribution is 0.0828. The van der Waals surface area contributed by atoms with Crippen molar-refractivity contribution < 1.29 is 4.74 Å². The van der Waals surface area contributed by atoms with Gasteiger partial charge < -0.3 is 30.9 Å². The molecule has 0 bridgehead atoms. The van der Waals surface area contributed by atoms with Gasteiger partial charge in [0.1, 0.15) is 6.10 Å². The first-order valence-corrected chi connectivity index (χ1v) is 10.9. The number of nitrogens with one attached hydrogen (secondary N) is 4. The van der Waals surface area contributed by atoms with Gasteiger partial charge in [0.05, 0.1) is 12.9 Å². The van der Waals surface area contributed by atoms with E-state index in [2.05, 4.69) is 69.7 Å². The summed E-state index contributed by atoms with van der Waals surface area (Å²) in [6, 6.07) is 0. The maximum atomic E-state index is 5.83. The van der Waals surface area contributed by atoms with Crippen LogP contribution in [0, 0.1) is 0 Å². The van der Waals surface area contributed by atoms with Crippen molar-refractivity contribution in [2.45, 2.75) is 45.1 Å². The number of hydrogen-bond donors (Lipinski definition) is 4. The molecular formula is C23H41N5O. The number of rotatable bonds is 16. The van der Waals surface area contributed by atoms with Gasteiger partial charge in [-0.3, -0.25) is 0 Å². The molecule has 1 aliphatic rings. The van der Waals surface area contributed by atoms with E-state index in [0.29, 0.717) is 12.8 Å². The predicted octanol–water partition coefficient (Wildman–Crippen LogP) is 3.17. The lowest BCUT2D eigenvalue weighted by Gasteiger charge is -2.30. The summed E-state index contributed by atoms with van der Waals surface area (Å²) < 4.78 is 5.83. The van der Waals surface area contributed by atoms with Gasteiger partial charge in [-0.2, -0.15) is 0 Å². The molecule has 6 nitrogen and oxygen atoms in total. The first kappa shape index (κ1) is 24.7. The second-order valence-electron chi connectivity index (χ2n) is 6.86. The molecule has 0 spiro atoms. The Morgan fingerprint density at radius 2 is 1.69 bits per heavy atom. The number of piperidine rings is 1. The van der Waals surface area contributed by atoms with Crippen molar-refractivity contribution in [3.05, 3.63) is 61.4 Å². The van der Waals surface area contributed by atoms with Gasteiger partial charge in [0.15, 0.2) is 0 Å². The van der Waals surface area contributed by atoms with Crippen LogP contribution >= 0.6 is 0 Å². The summed E-state index contributed by atoms with van der Waals surface area (Å²) in [7, 11) is 1.96. The fourth-order valence-electron chi connectivity index (χ4n) is 2.72. The molecule has 4 N–H and O–H groups in total. The lowest BCUT2D eigenvalue weighted by Crippen LogP contribution is -2.32. The van der Waals surface area contributed by atoms with Crippen molar-refractivity contribution in [2.75, 3.05) is 39.9 Å². The Kier molecular flexibility index (Phi) is 16.2. The van der Waals surface area contributed by atoms with Crippen molar-refractivity contribution in [1.29, 1.82) is 0 Å². The van der Waals surface area contributed by atoms with Crippen LogP contribution < -0.4 is 21.3 Å². The zero-order chi connectivity index (χ0) is 20.8. The molecule has 29 heavy (non-hydrogen) atoms. The minimum absolute atomic E-state index is 0.356. The Labute approximate surface area is 177 Å². The molecule has 6 heteroatoms. The van der Waals surface area contributed by atoms with E-state index in [9.17, 15) is 0 Å². The third-order valence-corrected chi connectivity index (χ3v) is 4.38. The number of hydrogen-bond acceptors (Lipinski definition) is 6. The van der Waals surface area contributed by atoms with Gasteiger partial charge in [0.2, 0.25) is 0 Å². The standard InChI is InChI=1S/C23H41N5O/c1-3-4-18-28-19-11-23(12-20-28)29-21-9-5-6-15-26-22-27-17-10-16-25-14-8-7-13-24-2/h4,6,8-10,14-15,17-18,21,23-27H,3,5,7,11-13,16,19-20,22H2,1-2H3. The second-order valence-corrected chi connectivity index (χ2v) is 6.86. The molecule has 164 valence electrons. The van der Waals surface area contributed by atoms with Gasteiger partial charge in [-0.15, -0.1) is 0 Å². The molecule has 0 unspecified atom stereocenters. The van der Waals surface area contributed by atoms with Crippen LogP contribution in [0.15, 0.2) is 61.4 Å². The van der Waals surface area contributed by atoms with E-state index in [4.69, 9.17) is 4.74 Å². The molecule has 0 saturated carbocycles. The predicted molar refractivity (Wildman–Crippen MR) is 124 cm³/mol. The summed E-state index contributed by atoms with van der Waals surface area (Å²) in [5, 5.41) is 12.7. The third-order valence-electron chi connectivity index (χ3n) is 4.38. The first-order chi connectivity index (χ1) is 14.4. The average Bonchev–Trinajstić information content (AvgIpc) is 2.75. The Bertz CT molecular complexity index is 505. The Morgan fingerprint density at radius 1 is 0.931 bits per heavy atom. The molecule has 0 aromatic heterocycles. The van der Waals surface area contributed by atoms with E-state index < -0.39 is 0 Å². The van der Waals surface area contributed by atoms with Crippen LogP contribution in [-0.4, -0.2) is 50.9 Å². The van der Waals surface area contributed by atoms with E-state index in [1.807, 2.05) is 31.9 Å². The highest BCUT2D eigenvalue weighted by Crippen LogP contribution is 2.14. The van der Waals surface area contributed by atoms with Crippen molar-refractivity contribution in [1.82, 2.24) is 26.2 Å². The smallest absolute Gasteiger partial charge is 0.101 e. The highest BCUT2D eigenvalue weighted by Gasteiger charge is 2.16. The van der Waals surface area contributed by atoms with Gasteiger partial charge >= 0.3 is 0 Å². The molecule has 1 heterocycles. The molecule has 0 aromatic carbocycles. The van der Waals surface area contributed by atoms with Crippen molar-refractivity contribution in [3.8, 4) is 0 Å². The van der Waals surface area contributed by atoms with E-state index in [0.717, 1.165) is 58.3 Å². The zero-order valence-corrected chi connectivity index (χ0v) is 18.3. The molecule has 0 amide bonds. The van der Waals surface area contributed by atoms with Crippen LogP contribution in [0.2, 0.25) is 0 Å². The molecule has 0 aliphatic carbocycles.